The van der Waals surface area contributed by atoms with E-state index in [2.05, 4.69) is 41.0 Å². The van der Waals surface area contributed by atoms with Gasteiger partial charge in [0.1, 0.15) is 10.0 Å². The van der Waals surface area contributed by atoms with Crippen LogP contribution in [0.15, 0.2) is 48.8 Å². The second-order valence-electron chi connectivity index (χ2n) is 8.50. The molecule has 1 fully saturated rings. The lowest BCUT2D eigenvalue weighted by Gasteiger charge is -2.25. The van der Waals surface area contributed by atoms with E-state index in [-0.39, 0.29) is 12.3 Å². The van der Waals surface area contributed by atoms with Gasteiger partial charge in [-0.15, -0.1) is 20.4 Å². The standard InChI is InChI=1S/C24H26N8OS2/c33-20(15-19-9-2-4-12-26-19)28-24-32-30-22(35-24)17-7-5-6-16(14-17)21-29-31-23(34-21)27-13-10-18-8-1-3-11-25-18/h1-4,8-9,11-12,16-17H,5-7,10,13-15H2,(H,27,31)(H,28,32,33)/t16-,17-/m1/s1. The van der Waals surface area contributed by atoms with Crippen LogP contribution in [0.3, 0.4) is 0 Å². The SMILES string of the molecule is O=C(Cc1ccccn1)Nc1nnc([C@@H]2CCC[C@@H](c3nnc(NCCc4ccccn4)s3)C2)s1. The highest BCUT2D eigenvalue weighted by molar-refractivity contribution is 7.15. The van der Waals surface area contributed by atoms with Crippen molar-refractivity contribution < 1.29 is 4.79 Å². The number of carbonyl (C=O) groups is 1. The maximum atomic E-state index is 12.3. The van der Waals surface area contributed by atoms with Crippen LogP contribution in [0.2, 0.25) is 0 Å². The minimum absolute atomic E-state index is 0.134. The summed E-state index contributed by atoms with van der Waals surface area (Å²) in [5.74, 6) is 0.547. The second kappa shape index (κ2) is 11.4. The number of amides is 1. The van der Waals surface area contributed by atoms with E-state index in [9.17, 15) is 4.79 Å². The molecule has 0 unspecified atom stereocenters. The zero-order valence-corrected chi connectivity index (χ0v) is 20.8. The molecule has 2 atom stereocenters. The molecule has 1 aliphatic carbocycles. The van der Waals surface area contributed by atoms with Gasteiger partial charge in [0.25, 0.3) is 0 Å². The Kier molecular flexibility index (Phi) is 7.64. The molecular weight excluding hydrogens is 480 g/mol. The van der Waals surface area contributed by atoms with Crippen LogP contribution in [-0.2, 0) is 17.6 Å². The first-order valence-electron chi connectivity index (χ1n) is 11.7. The summed E-state index contributed by atoms with van der Waals surface area (Å²) in [6, 6.07) is 11.5. The van der Waals surface area contributed by atoms with Crippen molar-refractivity contribution in [1.82, 2.24) is 30.4 Å². The molecule has 0 saturated heterocycles. The molecule has 2 N–H and O–H groups in total. The summed E-state index contributed by atoms with van der Waals surface area (Å²) < 4.78 is 0. The topological polar surface area (TPSA) is 118 Å². The van der Waals surface area contributed by atoms with Crippen LogP contribution in [-0.4, -0.2) is 42.8 Å². The summed E-state index contributed by atoms with van der Waals surface area (Å²) in [5.41, 5.74) is 1.79. The molecule has 4 aromatic heterocycles. The quantitative estimate of drug-likeness (QED) is 0.342. The Morgan fingerprint density at radius 2 is 1.51 bits per heavy atom. The van der Waals surface area contributed by atoms with Crippen LogP contribution in [0.5, 0.6) is 0 Å². The molecule has 1 saturated carbocycles. The number of anilines is 2. The number of nitrogens with one attached hydrogen (secondary N) is 2. The van der Waals surface area contributed by atoms with Gasteiger partial charge >= 0.3 is 0 Å². The minimum Gasteiger partial charge on any atom is -0.360 e. The molecule has 4 heterocycles. The Morgan fingerprint density at radius 3 is 2.20 bits per heavy atom. The molecule has 0 spiro atoms. The molecule has 4 aromatic rings. The van der Waals surface area contributed by atoms with Crippen molar-refractivity contribution in [2.45, 2.75) is 50.4 Å². The maximum absolute atomic E-state index is 12.3. The van der Waals surface area contributed by atoms with E-state index in [1.807, 2.05) is 42.6 Å². The lowest BCUT2D eigenvalue weighted by Crippen LogP contribution is -2.14. The van der Waals surface area contributed by atoms with Gasteiger partial charge in [-0.05, 0) is 43.5 Å². The molecule has 35 heavy (non-hydrogen) atoms. The van der Waals surface area contributed by atoms with E-state index in [0.29, 0.717) is 17.0 Å². The highest BCUT2D eigenvalue weighted by Crippen LogP contribution is 2.43. The number of aromatic nitrogens is 6. The van der Waals surface area contributed by atoms with Gasteiger partial charge in [-0.1, -0.05) is 41.2 Å². The summed E-state index contributed by atoms with van der Waals surface area (Å²) in [5, 5.41) is 27.1. The van der Waals surface area contributed by atoms with Crippen LogP contribution >= 0.6 is 22.7 Å². The summed E-state index contributed by atoms with van der Waals surface area (Å²) in [6.45, 7) is 0.776. The fourth-order valence-electron chi connectivity index (χ4n) is 4.23. The highest BCUT2D eigenvalue weighted by Gasteiger charge is 2.29. The minimum atomic E-state index is -0.134. The van der Waals surface area contributed by atoms with Crippen molar-refractivity contribution in [2.75, 3.05) is 17.2 Å². The van der Waals surface area contributed by atoms with Crippen LogP contribution in [0.25, 0.3) is 0 Å². The molecule has 1 aliphatic rings. The van der Waals surface area contributed by atoms with Gasteiger partial charge in [0, 0.05) is 48.6 Å². The molecular formula is C24H26N8OS2. The molecule has 0 radical (unpaired) electrons. The van der Waals surface area contributed by atoms with E-state index in [1.54, 1.807) is 17.5 Å². The van der Waals surface area contributed by atoms with E-state index in [1.165, 1.54) is 11.3 Å². The van der Waals surface area contributed by atoms with Crippen molar-refractivity contribution in [3.8, 4) is 0 Å². The number of hydrogen-bond acceptors (Lipinski definition) is 10. The van der Waals surface area contributed by atoms with Gasteiger partial charge in [0.2, 0.25) is 16.2 Å². The average molecular weight is 507 g/mol. The largest absolute Gasteiger partial charge is 0.360 e. The third kappa shape index (κ3) is 6.43. The summed E-state index contributed by atoms with van der Waals surface area (Å²) in [7, 11) is 0. The molecule has 180 valence electrons. The average Bonchev–Trinajstić information content (AvgIpc) is 3.55. The molecule has 9 nitrogen and oxygen atoms in total. The van der Waals surface area contributed by atoms with Gasteiger partial charge in [-0.25, -0.2) is 0 Å². The van der Waals surface area contributed by atoms with Crippen molar-refractivity contribution >= 4 is 38.8 Å². The van der Waals surface area contributed by atoms with E-state index in [4.69, 9.17) is 0 Å². The first-order chi connectivity index (χ1) is 17.2. The van der Waals surface area contributed by atoms with Gasteiger partial charge in [0.05, 0.1) is 6.42 Å². The number of hydrogen-bond donors (Lipinski definition) is 2. The van der Waals surface area contributed by atoms with Gasteiger partial charge < -0.3 is 10.6 Å². The third-order valence-corrected chi connectivity index (χ3v) is 8.00. The predicted molar refractivity (Wildman–Crippen MR) is 137 cm³/mol. The zero-order chi connectivity index (χ0) is 23.9. The van der Waals surface area contributed by atoms with E-state index in [0.717, 1.165) is 65.2 Å². The highest BCUT2D eigenvalue weighted by atomic mass is 32.1. The number of carbonyl (C=O) groups excluding carboxylic acids is 1. The van der Waals surface area contributed by atoms with Crippen LogP contribution < -0.4 is 10.6 Å². The number of rotatable bonds is 9. The van der Waals surface area contributed by atoms with Crippen LogP contribution in [0.4, 0.5) is 10.3 Å². The third-order valence-electron chi connectivity index (χ3n) is 5.95. The fraction of sp³-hybridized carbons (Fsp3) is 0.375. The smallest absolute Gasteiger partial charge is 0.232 e. The van der Waals surface area contributed by atoms with Crippen LogP contribution in [0.1, 0.15) is 58.9 Å². The summed E-state index contributed by atoms with van der Waals surface area (Å²) >= 11 is 3.10. The van der Waals surface area contributed by atoms with Crippen molar-refractivity contribution in [1.29, 1.82) is 0 Å². The van der Waals surface area contributed by atoms with Crippen LogP contribution in [0, 0.1) is 0 Å². The Balaban J connectivity index is 1.13. The van der Waals surface area contributed by atoms with Gasteiger partial charge in [-0.3, -0.25) is 14.8 Å². The molecule has 0 bridgehead atoms. The van der Waals surface area contributed by atoms with Crippen molar-refractivity contribution in [3.63, 3.8) is 0 Å². The Morgan fingerprint density at radius 1 is 0.857 bits per heavy atom. The van der Waals surface area contributed by atoms with Crippen molar-refractivity contribution in [3.05, 3.63) is 70.2 Å². The fourth-order valence-corrected chi connectivity index (χ4v) is 6.06. The maximum Gasteiger partial charge on any atom is 0.232 e. The normalized spacial score (nSPS) is 17.7. The lowest BCUT2D eigenvalue weighted by atomic mass is 9.82. The van der Waals surface area contributed by atoms with E-state index >= 15 is 0 Å². The monoisotopic (exact) mass is 506 g/mol. The van der Waals surface area contributed by atoms with Gasteiger partial charge in [0.15, 0.2) is 0 Å². The van der Waals surface area contributed by atoms with Gasteiger partial charge in [-0.2, -0.15) is 0 Å². The molecule has 5 rings (SSSR count). The Bertz CT molecular complexity index is 1230. The molecule has 11 heteroatoms. The Hall–Kier alpha value is -3.31. The van der Waals surface area contributed by atoms with E-state index < -0.39 is 0 Å². The predicted octanol–water partition coefficient (Wildman–Crippen LogP) is 4.46. The number of pyridine rings is 2. The Labute approximate surface area is 211 Å². The zero-order valence-electron chi connectivity index (χ0n) is 19.1. The van der Waals surface area contributed by atoms with Crippen molar-refractivity contribution in [2.24, 2.45) is 0 Å². The second-order valence-corrected chi connectivity index (χ2v) is 10.5. The summed E-state index contributed by atoms with van der Waals surface area (Å²) in [6.07, 6.45) is 8.82. The molecule has 1 amide bonds. The first kappa shape index (κ1) is 23.4. The summed E-state index contributed by atoms with van der Waals surface area (Å²) in [4.78, 5) is 20.9. The lowest BCUT2D eigenvalue weighted by molar-refractivity contribution is -0.115. The molecule has 0 aliphatic heterocycles. The first-order valence-corrected chi connectivity index (χ1v) is 13.4. The number of nitrogens with zero attached hydrogens (tertiary/aromatic N) is 6. The molecule has 0 aromatic carbocycles.